The first-order valence-corrected chi connectivity index (χ1v) is 18.8. The molecule has 0 fully saturated rings. The SMILES string of the molecule is C1=CC(c2ccccc2)CC=C1c1nc(-c2ccccc2)nc(-c2cccc3oc4c(-c5ccc6c7ccccc7c7ccccc7c6c5)cccc4c23)n1. The summed E-state index contributed by atoms with van der Waals surface area (Å²) in [6, 6.07) is 57.6. The van der Waals surface area contributed by atoms with E-state index < -0.39 is 0 Å². The predicted octanol–water partition coefficient (Wildman–Crippen LogP) is 13.4. The Morgan fingerprint density at radius 3 is 1.78 bits per heavy atom. The van der Waals surface area contributed by atoms with Crippen LogP contribution >= 0.6 is 0 Å². The minimum absolute atomic E-state index is 0.320. The highest BCUT2D eigenvalue weighted by molar-refractivity contribution is 6.26. The zero-order valence-corrected chi connectivity index (χ0v) is 29.9. The number of fused-ring (bicyclic) bond motifs is 9. The monoisotopic (exact) mass is 703 g/mol. The molecule has 8 aromatic carbocycles. The van der Waals surface area contributed by atoms with Crippen molar-refractivity contribution in [3.63, 3.8) is 0 Å². The Bertz CT molecular complexity index is 3140. The van der Waals surface area contributed by atoms with Crippen molar-refractivity contribution in [2.24, 2.45) is 0 Å². The molecule has 0 radical (unpaired) electrons. The zero-order chi connectivity index (χ0) is 36.3. The lowest BCUT2D eigenvalue weighted by Crippen LogP contribution is -2.05. The van der Waals surface area contributed by atoms with Crippen molar-refractivity contribution >= 4 is 59.8 Å². The standard InChI is InChI=1S/C51H33N3O/c1-3-13-32(14-4-1)33-25-27-35(28-26-33)50-52-49(34-15-5-2-6-16-34)53-51(54-50)44-23-12-24-46-47(44)43-22-11-21-37(48(43)55-46)36-29-30-42-40-19-8-7-17-38(40)39-18-9-10-20-41(39)45(42)31-36/h1-25,27-31,33H,26H2. The number of furan rings is 1. The third-order valence-corrected chi connectivity index (χ3v) is 11.1. The van der Waals surface area contributed by atoms with Gasteiger partial charge < -0.3 is 4.42 Å². The van der Waals surface area contributed by atoms with Gasteiger partial charge in [-0.3, -0.25) is 0 Å². The number of benzene rings is 8. The number of para-hydroxylation sites is 1. The number of hydrogen-bond acceptors (Lipinski definition) is 4. The van der Waals surface area contributed by atoms with E-state index in [0.29, 0.717) is 23.4 Å². The van der Waals surface area contributed by atoms with Crippen LogP contribution in [-0.4, -0.2) is 15.0 Å². The Morgan fingerprint density at radius 2 is 1.05 bits per heavy atom. The van der Waals surface area contributed by atoms with Gasteiger partial charge in [0.25, 0.3) is 0 Å². The molecule has 4 nitrogen and oxygen atoms in total. The summed E-state index contributed by atoms with van der Waals surface area (Å²) >= 11 is 0. The Hall–Kier alpha value is -7.17. The first-order chi connectivity index (χ1) is 27.3. The average Bonchev–Trinajstić information content (AvgIpc) is 3.66. The Labute approximate surface area is 317 Å². The van der Waals surface area contributed by atoms with Gasteiger partial charge in [-0.25, -0.2) is 15.0 Å². The number of hydrogen-bond donors (Lipinski definition) is 0. The summed E-state index contributed by atoms with van der Waals surface area (Å²) < 4.78 is 6.79. The van der Waals surface area contributed by atoms with Crippen LogP contribution in [0.3, 0.4) is 0 Å². The van der Waals surface area contributed by atoms with E-state index in [1.54, 1.807) is 0 Å². The molecule has 0 saturated heterocycles. The van der Waals surface area contributed by atoms with Gasteiger partial charge in [0.2, 0.25) is 0 Å². The maximum absolute atomic E-state index is 6.79. The van der Waals surface area contributed by atoms with Crippen molar-refractivity contribution in [2.75, 3.05) is 0 Å². The van der Waals surface area contributed by atoms with Gasteiger partial charge in [-0.1, -0.05) is 170 Å². The molecule has 2 aromatic heterocycles. The highest BCUT2D eigenvalue weighted by Gasteiger charge is 2.21. The first-order valence-electron chi connectivity index (χ1n) is 18.8. The lowest BCUT2D eigenvalue weighted by molar-refractivity contribution is 0.670. The summed E-state index contributed by atoms with van der Waals surface area (Å²) in [5, 5.41) is 9.53. The fourth-order valence-electron chi connectivity index (χ4n) is 8.41. The number of nitrogens with zero attached hydrogens (tertiary/aromatic N) is 3. The second-order valence-corrected chi connectivity index (χ2v) is 14.3. The Morgan fingerprint density at radius 1 is 0.455 bits per heavy atom. The van der Waals surface area contributed by atoms with E-state index in [-0.39, 0.29) is 0 Å². The molecule has 1 atom stereocenters. The largest absolute Gasteiger partial charge is 0.455 e. The van der Waals surface area contributed by atoms with Crippen LogP contribution in [0.1, 0.15) is 23.7 Å². The molecule has 2 heterocycles. The maximum atomic E-state index is 6.79. The quantitative estimate of drug-likeness (QED) is 0.167. The molecule has 4 heteroatoms. The molecule has 1 aliphatic rings. The van der Waals surface area contributed by atoms with Gasteiger partial charge >= 0.3 is 0 Å². The number of aromatic nitrogens is 3. The lowest BCUT2D eigenvalue weighted by atomic mass is 9.90. The van der Waals surface area contributed by atoms with Crippen molar-refractivity contribution in [1.82, 2.24) is 15.0 Å². The smallest absolute Gasteiger partial charge is 0.164 e. The molecule has 0 spiro atoms. The average molecular weight is 704 g/mol. The van der Waals surface area contributed by atoms with Gasteiger partial charge in [0.05, 0.1) is 0 Å². The molecule has 0 bridgehead atoms. The van der Waals surface area contributed by atoms with Gasteiger partial charge in [-0.05, 0) is 62.0 Å². The van der Waals surface area contributed by atoms with Gasteiger partial charge in [-0.15, -0.1) is 0 Å². The molecule has 0 amide bonds. The molecule has 1 unspecified atom stereocenters. The normalized spacial score (nSPS) is 14.3. The highest BCUT2D eigenvalue weighted by atomic mass is 16.3. The maximum Gasteiger partial charge on any atom is 0.164 e. The highest BCUT2D eigenvalue weighted by Crippen LogP contribution is 2.42. The second-order valence-electron chi connectivity index (χ2n) is 14.3. The topological polar surface area (TPSA) is 51.8 Å². The van der Waals surface area contributed by atoms with Gasteiger partial charge in [0.1, 0.15) is 11.2 Å². The van der Waals surface area contributed by atoms with E-state index in [2.05, 4.69) is 152 Å². The molecule has 258 valence electrons. The fourth-order valence-corrected chi connectivity index (χ4v) is 8.41. The van der Waals surface area contributed by atoms with Gasteiger partial charge in [-0.2, -0.15) is 0 Å². The Kier molecular flexibility index (Phi) is 7.27. The van der Waals surface area contributed by atoms with Crippen molar-refractivity contribution in [3.8, 4) is 33.9 Å². The molecular formula is C51H33N3O. The van der Waals surface area contributed by atoms with E-state index in [1.807, 2.05) is 30.3 Å². The third kappa shape index (κ3) is 5.25. The van der Waals surface area contributed by atoms with Crippen molar-refractivity contribution in [2.45, 2.75) is 12.3 Å². The summed E-state index contributed by atoms with van der Waals surface area (Å²) in [5.74, 6) is 2.24. The molecule has 10 aromatic rings. The third-order valence-electron chi connectivity index (χ3n) is 11.1. The predicted molar refractivity (Wildman–Crippen MR) is 227 cm³/mol. The molecular weight excluding hydrogens is 671 g/mol. The van der Waals surface area contributed by atoms with E-state index in [1.165, 1.54) is 37.9 Å². The summed E-state index contributed by atoms with van der Waals surface area (Å²) in [4.78, 5) is 15.3. The number of rotatable bonds is 5. The minimum Gasteiger partial charge on any atom is -0.455 e. The minimum atomic E-state index is 0.320. The second kappa shape index (κ2) is 12.8. The van der Waals surface area contributed by atoms with Crippen LogP contribution in [0, 0.1) is 0 Å². The first kappa shape index (κ1) is 31.4. The van der Waals surface area contributed by atoms with Crippen LogP contribution in [0.4, 0.5) is 0 Å². The van der Waals surface area contributed by atoms with Crippen molar-refractivity contribution in [3.05, 3.63) is 193 Å². The van der Waals surface area contributed by atoms with Crippen LogP contribution in [0.25, 0.3) is 93.7 Å². The van der Waals surface area contributed by atoms with Crippen LogP contribution in [-0.2, 0) is 0 Å². The van der Waals surface area contributed by atoms with Crippen LogP contribution in [0.2, 0.25) is 0 Å². The summed E-state index contributed by atoms with van der Waals surface area (Å²) in [6.45, 7) is 0. The van der Waals surface area contributed by atoms with Crippen molar-refractivity contribution in [1.29, 1.82) is 0 Å². The summed E-state index contributed by atoms with van der Waals surface area (Å²) in [7, 11) is 0. The van der Waals surface area contributed by atoms with E-state index >= 15 is 0 Å². The molecule has 0 aliphatic heterocycles. The van der Waals surface area contributed by atoms with Crippen LogP contribution < -0.4 is 0 Å². The molecule has 0 N–H and O–H groups in total. The van der Waals surface area contributed by atoms with E-state index in [9.17, 15) is 0 Å². The van der Waals surface area contributed by atoms with Gasteiger partial charge in [0.15, 0.2) is 17.5 Å². The molecule has 11 rings (SSSR count). The van der Waals surface area contributed by atoms with E-state index in [4.69, 9.17) is 19.4 Å². The zero-order valence-electron chi connectivity index (χ0n) is 29.9. The lowest BCUT2D eigenvalue weighted by Gasteiger charge is -2.17. The molecule has 55 heavy (non-hydrogen) atoms. The fraction of sp³-hybridized carbons (Fsp3) is 0.0392. The van der Waals surface area contributed by atoms with Gasteiger partial charge in [0, 0.05) is 39.0 Å². The summed E-state index contributed by atoms with van der Waals surface area (Å²) in [5.41, 5.74) is 7.95. The number of allylic oxidation sites excluding steroid dienone is 4. The molecule has 1 aliphatic carbocycles. The van der Waals surface area contributed by atoms with Crippen LogP contribution in [0.5, 0.6) is 0 Å². The summed E-state index contributed by atoms with van der Waals surface area (Å²) in [6.07, 6.45) is 7.55. The Balaban J connectivity index is 1.07. The van der Waals surface area contributed by atoms with Crippen LogP contribution in [0.15, 0.2) is 186 Å². The van der Waals surface area contributed by atoms with E-state index in [0.717, 1.165) is 56.2 Å². The van der Waals surface area contributed by atoms with Crippen molar-refractivity contribution < 1.29 is 4.42 Å². The molecule has 0 saturated carbocycles.